The molecule has 2 aliphatic heterocycles. The molecular formula is C25H30ClF2N5O2. The number of amides is 1. The Morgan fingerprint density at radius 1 is 1.17 bits per heavy atom. The summed E-state index contributed by atoms with van der Waals surface area (Å²) in [4.78, 5) is 28.1. The van der Waals surface area contributed by atoms with Crippen LogP contribution in [0.3, 0.4) is 0 Å². The second-order valence-electron chi connectivity index (χ2n) is 9.91. The van der Waals surface area contributed by atoms with Crippen LogP contribution in [0.15, 0.2) is 30.6 Å². The van der Waals surface area contributed by atoms with Gasteiger partial charge in [0.25, 0.3) is 5.92 Å². The van der Waals surface area contributed by atoms with Gasteiger partial charge in [0.2, 0.25) is 5.91 Å². The lowest BCUT2D eigenvalue weighted by Crippen LogP contribution is -2.51. The SMILES string of the molecule is C[C@@H]1C[C@@H](O)c2ncnc(N3CCN(C(=O)C(CN4CCC(F)(F)C4)c4ccc(Cl)cc4)CC3)c21. The summed E-state index contributed by atoms with van der Waals surface area (Å²) < 4.78 is 27.6. The highest BCUT2D eigenvalue weighted by molar-refractivity contribution is 6.30. The first-order valence-corrected chi connectivity index (χ1v) is 12.5. The number of fused-ring (bicyclic) bond motifs is 1. The Kier molecular flexibility index (Phi) is 6.67. The number of piperazine rings is 1. The highest BCUT2D eigenvalue weighted by atomic mass is 35.5. The van der Waals surface area contributed by atoms with Crippen molar-refractivity contribution in [2.75, 3.05) is 50.7 Å². The maximum atomic E-state index is 13.8. The summed E-state index contributed by atoms with van der Waals surface area (Å²) in [5, 5.41) is 10.9. The van der Waals surface area contributed by atoms with Gasteiger partial charge < -0.3 is 14.9 Å². The van der Waals surface area contributed by atoms with Gasteiger partial charge in [-0.15, -0.1) is 0 Å². The minimum atomic E-state index is -2.71. The van der Waals surface area contributed by atoms with E-state index in [2.05, 4.69) is 21.8 Å². The van der Waals surface area contributed by atoms with Crippen molar-refractivity contribution in [3.8, 4) is 0 Å². The molecule has 2 fully saturated rings. The van der Waals surface area contributed by atoms with Crippen LogP contribution >= 0.6 is 11.6 Å². The molecule has 1 N–H and O–H groups in total. The molecule has 1 unspecified atom stereocenters. The van der Waals surface area contributed by atoms with E-state index in [0.29, 0.717) is 43.3 Å². The Bertz CT molecular complexity index is 1080. The smallest absolute Gasteiger partial charge is 0.261 e. The van der Waals surface area contributed by atoms with E-state index in [1.54, 1.807) is 17.0 Å². The fourth-order valence-corrected chi connectivity index (χ4v) is 5.68. The number of hydrogen-bond donors (Lipinski definition) is 1. The zero-order chi connectivity index (χ0) is 24.7. The number of carbonyl (C=O) groups excluding carboxylic acids is 1. The average Bonchev–Trinajstić information content (AvgIpc) is 3.35. The molecule has 2 aromatic rings. The lowest BCUT2D eigenvalue weighted by Gasteiger charge is -2.38. The van der Waals surface area contributed by atoms with E-state index in [4.69, 9.17) is 11.6 Å². The van der Waals surface area contributed by atoms with E-state index in [0.717, 1.165) is 16.9 Å². The minimum Gasteiger partial charge on any atom is -0.387 e. The van der Waals surface area contributed by atoms with Gasteiger partial charge in [0.05, 0.1) is 24.3 Å². The van der Waals surface area contributed by atoms with Crippen LogP contribution in [-0.2, 0) is 4.79 Å². The fourth-order valence-electron chi connectivity index (χ4n) is 5.56. The number of anilines is 1. The van der Waals surface area contributed by atoms with Crippen LogP contribution in [0.4, 0.5) is 14.6 Å². The van der Waals surface area contributed by atoms with Crippen molar-refractivity contribution in [2.24, 2.45) is 0 Å². The van der Waals surface area contributed by atoms with E-state index in [9.17, 15) is 18.7 Å². The van der Waals surface area contributed by atoms with Crippen LogP contribution in [0.5, 0.6) is 0 Å². The van der Waals surface area contributed by atoms with E-state index in [-0.39, 0.29) is 37.9 Å². The van der Waals surface area contributed by atoms with Gasteiger partial charge in [0.1, 0.15) is 12.1 Å². The molecule has 35 heavy (non-hydrogen) atoms. The molecule has 1 amide bonds. The van der Waals surface area contributed by atoms with Crippen LogP contribution in [0.2, 0.25) is 5.02 Å². The van der Waals surface area contributed by atoms with E-state index in [1.807, 2.05) is 17.0 Å². The third kappa shape index (κ3) is 4.99. The first-order chi connectivity index (χ1) is 16.7. The zero-order valence-electron chi connectivity index (χ0n) is 19.7. The largest absolute Gasteiger partial charge is 0.387 e. The molecule has 0 spiro atoms. The van der Waals surface area contributed by atoms with Gasteiger partial charge in [-0.05, 0) is 30.0 Å². The molecule has 0 radical (unpaired) electrons. The number of nitrogens with zero attached hydrogens (tertiary/aromatic N) is 5. The summed E-state index contributed by atoms with van der Waals surface area (Å²) in [6, 6.07) is 7.09. The first kappa shape index (κ1) is 24.3. The van der Waals surface area contributed by atoms with Crippen molar-refractivity contribution in [2.45, 2.75) is 43.6 Å². The Hall–Kier alpha value is -2.36. The third-order valence-electron chi connectivity index (χ3n) is 7.43. The topological polar surface area (TPSA) is 72.8 Å². The van der Waals surface area contributed by atoms with Crippen LogP contribution in [0.1, 0.15) is 54.5 Å². The number of aliphatic hydroxyl groups excluding tert-OH is 1. The number of hydrogen-bond acceptors (Lipinski definition) is 6. The molecular weight excluding hydrogens is 476 g/mol. The van der Waals surface area contributed by atoms with Crippen molar-refractivity contribution in [3.63, 3.8) is 0 Å². The number of aromatic nitrogens is 2. The molecule has 3 aliphatic rings. The summed E-state index contributed by atoms with van der Waals surface area (Å²) in [5.74, 6) is -2.30. The van der Waals surface area contributed by atoms with E-state index < -0.39 is 17.9 Å². The molecule has 0 bridgehead atoms. The quantitative estimate of drug-likeness (QED) is 0.671. The summed E-state index contributed by atoms with van der Waals surface area (Å²) >= 11 is 6.05. The molecule has 3 heterocycles. The second-order valence-corrected chi connectivity index (χ2v) is 10.3. The molecule has 7 nitrogen and oxygen atoms in total. The minimum absolute atomic E-state index is 0.0566. The Balaban J connectivity index is 1.30. The third-order valence-corrected chi connectivity index (χ3v) is 7.68. The summed E-state index contributed by atoms with van der Waals surface area (Å²) in [7, 11) is 0. The summed E-state index contributed by atoms with van der Waals surface area (Å²) in [6.45, 7) is 4.51. The van der Waals surface area contributed by atoms with Crippen LogP contribution in [-0.4, -0.2) is 82.5 Å². The highest BCUT2D eigenvalue weighted by Gasteiger charge is 2.41. The molecule has 10 heteroatoms. The predicted octanol–water partition coefficient (Wildman–Crippen LogP) is 3.44. The summed E-state index contributed by atoms with van der Waals surface area (Å²) in [6.07, 6.45) is 1.39. The zero-order valence-corrected chi connectivity index (χ0v) is 20.5. The first-order valence-electron chi connectivity index (χ1n) is 12.1. The fraction of sp³-hybridized carbons (Fsp3) is 0.560. The normalized spacial score (nSPS) is 25.1. The average molecular weight is 506 g/mol. The molecule has 188 valence electrons. The number of rotatable bonds is 5. The van der Waals surface area contributed by atoms with Gasteiger partial charge in [0, 0.05) is 56.3 Å². The number of likely N-dealkylation sites (tertiary alicyclic amines) is 1. The monoisotopic (exact) mass is 505 g/mol. The van der Waals surface area contributed by atoms with Crippen LogP contribution in [0.25, 0.3) is 0 Å². The number of aliphatic hydroxyl groups is 1. The van der Waals surface area contributed by atoms with Gasteiger partial charge >= 0.3 is 0 Å². The van der Waals surface area contributed by atoms with E-state index in [1.165, 1.54) is 6.33 Å². The van der Waals surface area contributed by atoms with Gasteiger partial charge in [-0.25, -0.2) is 18.7 Å². The molecule has 3 atom stereocenters. The van der Waals surface area contributed by atoms with Crippen LogP contribution in [0, 0.1) is 0 Å². The molecule has 2 saturated heterocycles. The molecule has 5 rings (SSSR count). The number of halogens is 3. The predicted molar refractivity (Wildman–Crippen MR) is 129 cm³/mol. The van der Waals surface area contributed by atoms with Gasteiger partial charge in [0.15, 0.2) is 0 Å². The number of alkyl halides is 2. The standard InChI is InChI=1S/C25H30ClF2N5O2/c1-16-12-20(34)22-21(16)23(30-15-29-22)32-8-10-33(11-9-32)24(35)19(17-2-4-18(26)5-3-17)13-31-7-6-25(27,28)14-31/h2-5,15-16,19-20,34H,6-14H2,1H3/t16-,19?,20-/m1/s1. The molecule has 1 aromatic carbocycles. The van der Waals surface area contributed by atoms with Gasteiger partial charge in [-0.1, -0.05) is 30.7 Å². The maximum Gasteiger partial charge on any atom is 0.261 e. The van der Waals surface area contributed by atoms with Crippen LogP contribution < -0.4 is 4.90 Å². The highest BCUT2D eigenvalue weighted by Crippen LogP contribution is 2.43. The van der Waals surface area contributed by atoms with Crippen molar-refractivity contribution >= 4 is 23.3 Å². The van der Waals surface area contributed by atoms with Gasteiger partial charge in [-0.2, -0.15) is 0 Å². The van der Waals surface area contributed by atoms with Crippen molar-refractivity contribution in [1.29, 1.82) is 0 Å². The second kappa shape index (κ2) is 9.59. The molecule has 1 aromatic heterocycles. The van der Waals surface area contributed by atoms with E-state index >= 15 is 0 Å². The molecule has 0 saturated carbocycles. The van der Waals surface area contributed by atoms with Crippen molar-refractivity contribution in [3.05, 3.63) is 52.4 Å². The molecule has 1 aliphatic carbocycles. The lowest BCUT2D eigenvalue weighted by atomic mass is 9.96. The number of benzene rings is 1. The number of carbonyl (C=O) groups is 1. The summed E-state index contributed by atoms with van der Waals surface area (Å²) in [5.41, 5.74) is 2.48. The van der Waals surface area contributed by atoms with Crippen molar-refractivity contribution in [1.82, 2.24) is 19.8 Å². The Morgan fingerprint density at radius 3 is 2.54 bits per heavy atom. The lowest BCUT2D eigenvalue weighted by molar-refractivity contribution is -0.133. The Labute approximate surface area is 208 Å². The maximum absolute atomic E-state index is 13.8. The van der Waals surface area contributed by atoms with Gasteiger partial charge in [-0.3, -0.25) is 9.69 Å². The van der Waals surface area contributed by atoms with Crippen molar-refractivity contribution < 1.29 is 18.7 Å². The Morgan fingerprint density at radius 2 is 1.89 bits per heavy atom.